The number of benzene rings is 1. The van der Waals surface area contributed by atoms with Crippen LogP contribution in [-0.4, -0.2) is 45.6 Å². The van der Waals surface area contributed by atoms with E-state index in [1.165, 1.54) is 0 Å². The molecule has 0 bridgehead atoms. The summed E-state index contributed by atoms with van der Waals surface area (Å²) in [7, 11) is -3.08. The van der Waals surface area contributed by atoms with Gasteiger partial charge in [0, 0.05) is 16.8 Å². The minimum Gasteiger partial charge on any atom is -0.490 e. The Morgan fingerprint density at radius 1 is 1.12 bits per heavy atom. The van der Waals surface area contributed by atoms with Gasteiger partial charge in [0.05, 0.1) is 25.4 Å². The molecule has 1 N–H and O–H groups in total. The molecule has 1 aromatic rings. The molecule has 0 saturated heterocycles. The zero-order chi connectivity index (χ0) is 18.2. The van der Waals surface area contributed by atoms with Gasteiger partial charge in [-0.3, -0.25) is 4.79 Å². The molecule has 136 valence electrons. The van der Waals surface area contributed by atoms with E-state index in [0.717, 1.165) is 10.0 Å². The fourth-order valence-electron chi connectivity index (χ4n) is 1.98. The van der Waals surface area contributed by atoms with Crippen LogP contribution < -0.4 is 14.8 Å². The average molecular weight is 422 g/mol. The summed E-state index contributed by atoms with van der Waals surface area (Å²) in [5.74, 6) is 0.978. The predicted octanol–water partition coefficient (Wildman–Crippen LogP) is 2.34. The molecule has 1 amide bonds. The zero-order valence-corrected chi connectivity index (χ0v) is 16.6. The second-order valence-electron chi connectivity index (χ2n) is 5.02. The van der Waals surface area contributed by atoms with Crippen molar-refractivity contribution in [3.05, 3.63) is 22.2 Å². The molecule has 0 saturated carbocycles. The summed E-state index contributed by atoms with van der Waals surface area (Å²) < 4.78 is 34.7. The van der Waals surface area contributed by atoms with E-state index in [9.17, 15) is 13.2 Å². The molecular weight excluding hydrogens is 398 g/mol. The molecule has 8 heteroatoms. The monoisotopic (exact) mass is 421 g/mol. The van der Waals surface area contributed by atoms with Crippen LogP contribution in [0.5, 0.6) is 11.5 Å². The maximum atomic E-state index is 12.0. The van der Waals surface area contributed by atoms with E-state index < -0.39 is 9.84 Å². The van der Waals surface area contributed by atoms with Crippen LogP contribution in [0.25, 0.3) is 0 Å². The highest BCUT2D eigenvalue weighted by molar-refractivity contribution is 9.10. The van der Waals surface area contributed by atoms with Gasteiger partial charge in [-0.15, -0.1) is 0 Å². The third-order valence-corrected chi connectivity index (χ3v) is 5.68. The van der Waals surface area contributed by atoms with E-state index in [0.29, 0.717) is 24.7 Å². The number of carbonyl (C=O) groups excluding carboxylic acids is 1. The lowest BCUT2D eigenvalue weighted by Gasteiger charge is -2.14. The van der Waals surface area contributed by atoms with Gasteiger partial charge in [-0.2, -0.15) is 0 Å². The minimum atomic E-state index is -3.08. The fourth-order valence-corrected chi connectivity index (χ4v) is 3.14. The van der Waals surface area contributed by atoms with E-state index in [2.05, 4.69) is 21.2 Å². The zero-order valence-electron chi connectivity index (χ0n) is 14.2. The summed E-state index contributed by atoms with van der Waals surface area (Å²) in [6.07, 6.45) is 0.124. The van der Waals surface area contributed by atoms with E-state index in [4.69, 9.17) is 9.47 Å². The third kappa shape index (κ3) is 6.68. The van der Waals surface area contributed by atoms with Crippen molar-refractivity contribution in [3.8, 4) is 11.5 Å². The Labute approximate surface area is 152 Å². The molecule has 0 spiro atoms. The van der Waals surface area contributed by atoms with Gasteiger partial charge < -0.3 is 14.8 Å². The number of amides is 1. The van der Waals surface area contributed by atoms with Crippen LogP contribution in [0, 0.1) is 0 Å². The van der Waals surface area contributed by atoms with Crippen molar-refractivity contribution < 1.29 is 22.7 Å². The molecule has 0 unspecified atom stereocenters. The van der Waals surface area contributed by atoms with Crippen LogP contribution in [0.1, 0.15) is 26.3 Å². The molecule has 1 rings (SSSR count). The molecule has 0 heterocycles. The molecule has 0 atom stereocenters. The number of rotatable bonds is 10. The number of halogens is 1. The van der Waals surface area contributed by atoms with Crippen molar-refractivity contribution in [1.82, 2.24) is 5.32 Å². The molecule has 0 radical (unpaired) electrons. The Morgan fingerprint density at radius 2 is 1.71 bits per heavy atom. The van der Waals surface area contributed by atoms with Crippen LogP contribution in [0.3, 0.4) is 0 Å². The van der Waals surface area contributed by atoms with Crippen LogP contribution >= 0.6 is 15.9 Å². The quantitative estimate of drug-likeness (QED) is 0.626. The van der Waals surface area contributed by atoms with Gasteiger partial charge in [-0.1, -0.05) is 22.9 Å². The SMILES string of the molecule is CCOc1cc(Br)c(CC(=O)NCCS(=O)(=O)CC)cc1OCC. The summed E-state index contributed by atoms with van der Waals surface area (Å²) in [6.45, 7) is 6.46. The number of nitrogens with one attached hydrogen (secondary N) is 1. The van der Waals surface area contributed by atoms with Crippen molar-refractivity contribution in [2.24, 2.45) is 0 Å². The first-order chi connectivity index (χ1) is 11.3. The number of hydrogen-bond donors (Lipinski definition) is 1. The van der Waals surface area contributed by atoms with E-state index in [1.807, 2.05) is 13.8 Å². The van der Waals surface area contributed by atoms with Gasteiger partial charge >= 0.3 is 0 Å². The first-order valence-electron chi connectivity index (χ1n) is 7.88. The van der Waals surface area contributed by atoms with Gasteiger partial charge in [-0.25, -0.2) is 8.42 Å². The van der Waals surface area contributed by atoms with Crippen molar-refractivity contribution in [3.63, 3.8) is 0 Å². The Morgan fingerprint density at radius 3 is 2.25 bits per heavy atom. The second-order valence-corrected chi connectivity index (χ2v) is 8.35. The predicted molar refractivity (Wildman–Crippen MR) is 97.5 cm³/mol. The number of ether oxygens (including phenoxy) is 2. The lowest BCUT2D eigenvalue weighted by atomic mass is 10.1. The average Bonchev–Trinajstić information content (AvgIpc) is 2.52. The Kier molecular flexibility index (Phi) is 8.55. The smallest absolute Gasteiger partial charge is 0.224 e. The standard InChI is InChI=1S/C16H24BrNO5S/c1-4-22-14-9-12(13(17)11-15(14)23-5-2)10-16(19)18-7-8-24(20,21)6-3/h9,11H,4-8,10H2,1-3H3,(H,18,19). The molecule has 1 aromatic carbocycles. The van der Waals surface area contributed by atoms with E-state index in [1.54, 1.807) is 19.1 Å². The van der Waals surface area contributed by atoms with Crippen LogP contribution in [0.4, 0.5) is 0 Å². The molecule has 0 aliphatic rings. The van der Waals surface area contributed by atoms with Gasteiger partial charge in [-0.05, 0) is 31.5 Å². The highest BCUT2D eigenvalue weighted by Crippen LogP contribution is 2.34. The first kappa shape index (κ1) is 20.8. The van der Waals surface area contributed by atoms with Crippen molar-refractivity contribution in [2.75, 3.05) is 31.3 Å². The van der Waals surface area contributed by atoms with Crippen LogP contribution in [0.2, 0.25) is 0 Å². The molecule has 0 aliphatic heterocycles. The van der Waals surface area contributed by atoms with Gasteiger partial charge in [0.1, 0.15) is 0 Å². The van der Waals surface area contributed by atoms with Gasteiger partial charge in [0.15, 0.2) is 21.3 Å². The van der Waals surface area contributed by atoms with Crippen LogP contribution in [-0.2, 0) is 21.1 Å². The largest absolute Gasteiger partial charge is 0.490 e. The fraction of sp³-hybridized carbons (Fsp3) is 0.562. The lowest BCUT2D eigenvalue weighted by Crippen LogP contribution is -2.30. The van der Waals surface area contributed by atoms with Gasteiger partial charge in [0.2, 0.25) is 5.91 Å². The van der Waals surface area contributed by atoms with Crippen molar-refractivity contribution >= 4 is 31.7 Å². The Balaban J connectivity index is 2.75. The lowest BCUT2D eigenvalue weighted by molar-refractivity contribution is -0.120. The normalized spacial score (nSPS) is 11.2. The maximum absolute atomic E-state index is 12.0. The van der Waals surface area contributed by atoms with Crippen molar-refractivity contribution in [1.29, 1.82) is 0 Å². The molecule has 0 aromatic heterocycles. The highest BCUT2D eigenvalue weighted by atomic mass is 79.9. The minimum absolute atomic E-state index is 0.0517. The highest BCUT2D eigenvalue weighted by Gasteiger charge is 2.14. The number of sulfone groups is 1. The second kappa shape index (κ2) is 9.88. The Hall–Kier alpha value is -1.28. The number of hydrogen-bond acceptors (Lipinski definition) is 5. The summed E-state index contributed by atoms with van der Waals surface area (Å²) in [5, 5.41) is 2.63. The summed E-state index contributed by atoms with van der Waals surface area (Å²) in [4.78, 5) is 12.0. The summed E-state index contributed by atoms with van der Waals surface area (Å²) in [5.41, 5.74) is 0.748. The topological polar surface area (TPSA) is 81.7 Å². The molecule has 0 aliphatic carbocycles. The van der Waals surface area contributed by atoms with Crippen molar-refractivity contribution in [2.45, 2.75) is 27.2 Å². The van der Waals surface area contributed by atoms with Crippen LogP contribution in [0.15, 0.2) is 16.6 Å². The molecule has 0 fully saturated rings. The molecule has 6 nitrogen and oxygen atoms in total. The third-order valence-electron chi connectivity index (χ3n) is 3.24. The Bertz CT molecular complexity index is 661. The first-order valence-corrected chi connectivity index (χ1v) is 10.5. The number of carbonyl (C=O) groups is 1. The van der Waals surface area contributed by atoms with Gasteiger partial charge in [0.25, 0.3) is 0 Å². The van der Waals surface area contributed by atoms with E-state index >= 15 is 0 Å². The molecular formula is C16H24BrNO5S. The summed E-state index contributed by atoms with van der Waals surface area (Å²) >= 11 is 3.43. The maximum Gasteiger partial charge on any atom is 0.224 e. The summed E-state index contributed by atoms with van der Waals surface area (Å²) in [6, 6.07) is 3.54. The van der Waals surface area contributed by atoms with E-state index in [-0.39, 0.29) is 30.4 Å². The molecule has 24 heavy (non-hydrogen) atoms.